The number of nitrogens with zero attached hydrogens (tertiary/aromatic N) is 2. The molecule has 1 heterocycles. The standard InChI is InChI=1S/C13H14N4O3/c1-8-11(13(18)19)12(17-15-8)16-14-7-9-3-5-10(20-2)6-4-9/h3-7H,1-2H3,(H,18,19)(H2,15,16,17)/b14-7+. The molecule has 0 amide bonds. The van der Waals surface area contributed by atoms with Crippen LogP contribution in [0.25, 0.3) is 0 Å². The molecule has 104 valence electrons. The number of rotatable bonds is 5. The van der Waals surface area contributed by atoms with Crippen molar-refractivity contribution in [3.05, 3.63) is 41.1 Å². The lowest BCUT2D eigenvalue weighted by Gasteiger charge is -1.99. The molecule has 2 rings (SSSR count). The SMILES string of the molecule is COc1ccc(/C=N/Nc2n[nH]c(C)c2C(=O)O)cc1. The highest BCUT2D eigenvalue weighted by molar-refractivity contribution is 5.94. The van der Waals surface area contributed by atoms with Crippen LogP contribution < -0.4 is 10.2 Å². The fraction of sp³-hybridized carbons (Fsp3) is 0.154. The quantitative estimate of drug-likeness (QED) is 0.571. The molecule has 0 saturated carbocycles. The van der Waals surface area contributed by atoms with Crippen molar-refractivity contribution < 1.29 is 14.6 Å². The Morgan fingerprint density at radius 3 is 2.75 bits per heavy atom. The molecule has 0 saturated heterocycles. The summed E-state index contributed by atoms with van der Waals surface area (Å²) in [7, 11) is 1.60. The van der Waals surface area contributed by atoms with E-state index in [1.54, 1.807) is 20.2 Å². The minimum Gasteiger partial charge on any atom is -0.497 e. The first-order valence-electron chi connectivity index (χ1n) is 5.83. The second kappa shape index (κ2) is 5.87. The lowest BCUT2D eigenvalue weighted by molar-refractivity contribution is 0.0697. The maximum absolute atomic E-state index is 11.0. The molecule has 0 aliphatic rings. The molecule has 7 heteroatoms. The maximum atomic E-state index is 11.0. The van der Waals surface area contributed by atoms with Crippen LogP contribution in [-0.4, -0.2) is 34.6 Å². The first-order chi connectivity index (χ1) is 9.61. The van der Waals surface area contributed by atoms with Crippen LogP contribution >= 0.6 is 0 Å². The van der Waals surface area contributed by atoms with Crippen LogP contribution in [0.1, 0.15) is 21.6 Å². The van der Waals surface area contributed by atoms with E-state index in [-0.39, 0.29) is 11.4 Å². The molecule has 0 bridgehead atoms. The fourth-order valence-electron chi connectivity index (χ4n) is 1.63. The Balaban J connectivity index is 2.08. The Bertz CT molecular complexity index is 632. The number of hydrogen-bond acceptors (Lipinski definition) is 5. The van der Waals surface area contributed by atoms with E-state index in [9.17, 15) is 4.79 Å². The number of carbonyl (C=O) groups is 1. The first kappa shape index (κ1) is 13.6. The third-order valence-electron chi connectivity index (χ3n) is 2.66. The van der Waals surface area contributed by atoms with E-state index in [1.165, 1.54) is 0 Å². The van der Waals surface area contributed by atoms with Crippen molar-refractivity contribution in [2.45, 2.75) is 6.92 Å². The molecule has 0 fully saturated rings. The number of aromatic carboxylic acids is 1. The second-order valence-corrected chi connectivity index (χ2v) is 4.02. The summed E-state index contributed by atoms with van der Waals surface area (Å²) in [6.07, 6.45) is 1.56. The Kier molecular flexibility index (Phi) is 3.99. The molecule has 3 N–H and O–H groups in total. The van der Waals surface area contributed by atoms with E-state index < -0.39 is 5.97 Å². The molecule has 20 heavy (non-hydrogen) atoms. The zero-order chi connectivity index (χ0) is 14.5. The Morgan fingerprint density at radius 1 is 1.45 bits per heavy atom. The minimum atomic E-state index is -1.06. The Labute approximate surface area is 115 Å². The van der Waals surface area contributed by atoms with Crippen molar-refractivity contribution in [2.24, 2.45) is 5.10 Å². The molecule has 0 aliphatic heterocycles. The van der Waals surface area contributed by atoms with Gasteiger partial charge in [-0.05, 0) is 36.8 Å². The van der Waals surface area contributed by atoms with Gasteiger partial charge in [-0.2, -0.15) is 10.2 Å². The fourth-order valence-corrected chi connectivity index (χ4v) is 1.63. The van der Waals surface area contributed by atoms with Crippen molar-refractivity contribution in [2.75, 3.05) is 12.5 Å². The molecule has 7 nitrogen and oxygen atoms in total. The summed E-state index contributed by atoms with van der Waals surface area (Å²) in [5.74, 6) is -0.121. The van der Waals surface area contributed by atoms with Gasteiger partial charge in [0.05, 0.1) is 13.3 Å². The van der Waals surface area contributed by atoms with Gasteiger partial charge in [0, 0.05) is 5.69 Å². The van der Waals surface area contributed by atoms with Crippen LogP contribution in [0, 0.1) is 6.92 Å². The van der Waals surface area contributed by atoms with Crippen molar-refractivity contribution >= 4 is 18.0 Å². The summed E-state index contributed by atoms with van der Waals surface area (Å²) in [6, 6.07) is 7.28. The summed E-state index contributed by atoms with van der Waals surface area (Å²) in [5.41, 5.74) is 4.01. The van der Waals surface area contributed by atoms with E-state index in [1.807, 2.05) is 24.3 Å². The highest BCUT2D eigenvalue weighted by Gasteiger charge is 2.16. The lowest BCUT2D eigenvalue weighted by atomic mass is 10.2. The van der Waals surface area contributed by atoms with Crippen LogP contribution in [0.2, 0.25) is 0 Å². The molecular formula is C13H14N4O3. The van der Waals surface area contributed by atoms with Crippen LogP contribution in [0.4, 0.5) is 5.82 Å². The first-order valence-corrected chi connectivity index (χ1v) is 5.83. The van der Waals surface area contributed by atoms with Gasteiger partial charge in [-0.15, -0.1) is 0 Å². The topological polar surface area (TPSA) is 99.6 Å². The van der Waals surface area contributed by atoms with E-state index in [2.05, 4.69) is 20.7 Å². The molecule has 0 aliphatic carbocycles. The number of aromatic amines is 1. The van der Waals surface area contributed by atoms with Gasteiger partial charge >= 0.3 is 5.97 Å². The Hall–Kier alpha value is -2.83. The molecule has 1 aromatic carbocycles. The normalized spacial score (nSPS) is 10.7. The molecule has 0 atom stereocenters. The number of ether oxygens (including phenoxy) is 1. The van der Waals surface area contributed by atoms with Gasteiger partial charge < -0.3 is 9.84 Å². The number of carboxylic acid groups (broad SMARTS) is 1. The van der Waals surface area contributed by atoms with Gasteiger partial charge in [0.2, 0.25) is 0 Å². The molecule has 2 aromatic rings. The number of aromatic nitrogens is 2. The van der Waals surface area contributed by atoms with Crippen LogP contribution in [0.3, 0.4) is 0 Å². The number of benzene rings is 1. The van der Waals surface area contributed by atoms with Crippen LogP contribution in [0.5, 0.6) is 5.75 Å². The van der Waals surface area contributed by atoms with Gasteiger partial charge in [0.25, 0.3) is 0 Å². The zero-order valence-electron chi connectivity index (χ0n) is 11.0. The van der Waals surface area contributed by atoms with Crippen molar-refractivity contribution in [1.29, 1.82) is 0 Å². The zero-order valence-corrected chi connectivity index (χ0v) is 11.0. The highest BCUT2D eigenvalue weighted by atomic mass is 16.5. The summed E-state index contributed by atoms with van der Waals surface area (Å²) in [6.45, 7) is 1.63. The predicted molar refractivity (Wildman–Crippen MR) is 74.5 cm³/mol. The second-order valence-electron chi connectivity index (χ2n) is 4.02. The van der Waals surface area contributed by atoms with Crippen LogP contribution in [-0.2, 0) is 0 Å². The summed E-state index contributed by atoms with van der Waals surface area (Å²) < 4.78 is 5.05. The third kappa shape index (κ3) is 2.94. The van der Waals surface area contributed by atoms with E-state index in [0.29, 0.717) is 5.69 Å². The molecule has 0 unspecified atom stereocenters. The number of carboxylic acids is 1. The third-order valence-corrected chi connectivity index (χ3v) is 2.66. The number of nitrogens with one attached hydrogen (secondary N) is 2. The van der Waals surface area contributed by atoms with Gasteiger partial charge in [-0.3, -0.25) is 10.5 Å². The summed E-state index contributed by atoms with van der Waals surface area (Å²) in [5, 5.41) is 19.4. The molecule has 1 aromatic heterocycles. The number of hydrazone groups is 1. The van der Waals surface area contributed by atoms with E-state index >= 15 is 0 Å². The maximum Gasteiger partial charge on any atom is 0.341 e. The highest BCUT2D eigenvalue weighted by Crippen LogP contribution is 2.15. The smallest absolute Gasteiger partial charge is 0.341 e. The number of hydrogen-bond donors (Lipinski definition) is 3. The largest absolute Gasteiger partial charge is 0.497 e. The molecule has 0 radical (unpaired) electrons. The molecular weight excluding hydrogens is 260 g/mol. The van der Waals surface area contributed by atoms with Crippen molar-refractivity contribution in [1.82, 2.24) is 10.2 Å². The Morgan fingerprint density at radius 2 is 2.15 bits per heavy atom. The monoisotopic (exact) mass is 274 g/mol. The number of H-pyrrole nitrogens is 1. The van der Waals surface area contributed by atoms with Gasteiger partial charge in [-0.1, -0.05) is 0 Å². The summed E-state index contributed by atoms with van der Waals surface area (Å²) >= 11 is 0. The van der Waals surface area contributed by atoms with Crippen molar-refractivity contribution in [3.63, 3.8) is 0 Å². The van der Waals surface area contributed by atoms with Crippen LogP contribution in [0.15, 0.2) is 29.4 Å². The average molecular weight is 274 g/mol. The van der Waals surface area contributed by atoms with E-state index in [0.717, 1.165) is 11.3 Å². The predicted octanol–water partition coefficient (Wildman–Crippen LogP) is 1.87. The minimum absolute atomic E-state index is 0.0804. The molecule has 0 spiro atoms. The van der Waals surface area contributed by atoms with Gasteiger partial charge in [-0.25, -0.2) is 4.79 Å². The summed E-state index contributed by atoms with van der Waals surface area (Å²) in [4.78, 5) is 11.0. The van der Waals surface area contributed by atoms with Gasteiger partial charge in [0.1, 0.15) is 11.3 Å². The van der Waals surface area contributed by atoms with Gasteiger partial charge in [0.15, 0.2) is 5.82 Å². The average Bonchev–Trinajstić information content (AvgIpc) is 2.81. The van der Waals surface area contributed by atoms with Crippen molar-refractivity contribution in [3.8, 4) is 5.75 Å². The number of anilines is 1. The number of methoxy groups -OCH3 is 1. The number of aryl methyl sites for hydroxylation is 1. The van der Waals surface area contributed by atoms with E-state index in [4.69, 9.17) is 9.84 Å². The lowest BCUT2D eigenvalue weighted by Crippen LogP contribution is -2.02.